The van der Waals surface area contributed by atoms with Gasteiger partial charge in [-0.25, -0.2) is 0 Å². The summed E-state index contributed by atoms with van der Waals surface area (Å²) in [5.74, 6) is 0.889. The van der Waals surface area contributed by atoms with Crippen molar-refractivity contribution in [2.45, 2.75) is 13.3 Å². The van der Waals surface area contributed by atoms with E-state index in [4.69, 9.17) is 4.55 Å². The predicted octanol–water partition coefficient (Wildman–Crippen LogP) is 1.87. The first-order chi connectivity index (χ1) is 5.95. The third-order valence-corrected chi connectivity index (χ3v) is 3.79. The van der Waals surface area contributed by atoms with Crippen LogP contribution in [0.4, 0.5) is 4.79 Å². The zero-order valence-corrected chi connectivity index (χ0v) is 9.67. The molecule has 0 rings (SSSR count). The molecule has 0 unspecified atom stereocenters. The Kier molecular flexibility index (Phi) is 6.84. The van der Waals surface area contributed by atoms with Gasteiger partial charge < -0.3 is 0 Å². The molecule has 0 amide bonds. The van der Waals surface area contributed by atoms with Crippen molar-refractivity contribution < 1.29 is 17.8 Å². The van der Waals surface area contributed by atoms with Crippen molar-refractivity contribution >= 4 is 38.1 Å². The number of hydrogen-bond donors (Lipinski definition) is 1. The number of hydrogen-bond acceptors (Lipinski definition) is 5. The van der Waals surface area contributed by atoms with E-state index in [0.717, 1.165) is 17.5 Å². The van der Waals surface area contributed by atoms with Crippen LogP contribution in [0, 0.1) is 0 Å². The van der Waals surface area contributed by atoms with E-state index in [1.54, 1.807) is 0 Å². The summed E-state index contributed by atoms with van der Waals surface area (Å²) in [5.41, 5.74) is 0. The van der Waals surface area contributed by atoms with Crippen LogP contribution >= 0.6 is 23.5 Å². The third kappa shape index (κ3) is 10.2. The zero-order valence-electron chi connectivity index (χ0n) is 7.23. The molecule has 0 aromatic heterocycles. The summed E-state index contributed by atoms with van der Waals surface area (Å²) in [6.45, 7) is 1.88. The summed E-state index contributed by atoms with van der Waals surface area (Å²) in [5, 5.41) is 0. The maximum atomic E-state index is 10.9. The standard InChI is InChI=1S/C6H12O4S3/c1-2-11-6(7)12-4-3-5-13(8,9)10/h2-5H2,1H3,(H,8,9,10). The normalized spacial score (nSPS) is 11.5. The van der Waals surface area contributed by atoms with Gasteiger partial charge in [-0.1, -0.05) is 30.4 Å². The minimum Gasteiger partial charge on any atom is -0.286 e. The lowest BCUT2D eigenvalue weighted by Crippen LogP contribution is -2.04. The molecule has 0 saturated carbocycles. The van der Waals surface area contributed by atoms with E-state index in [0.29, 0.717) is 12.2 Å². The quantitative estimate of drug-likeness (QED) is 0.588. The van der Waals surface area contributed by atoms with Crippen LogP contribution in [-0.4, -0.2) is 34.7 Å². The van der Waals surface area contributed by atoms with E-state index in [1.807, 2.05) is 6.92 Å². The molecule has 4 nitrogen and oxygen atoms in total. The Morgan fingerprint density at radius 3 is 2.46 bits per heavy atom. The van der Waals surface area contributed by atoms with Gasteiger partial charge >= 0.3 is 0 Å². The van der Waals surface area contributed by atoms with E-state index < -0.39 is 10.1 Å². The summed E-state index contributed by atoms with van der Waals surface area (Å²) >= 11 is 2.29. The summed E-state index contributed by atoms with van der Waals surface area (Å²) in [4.78, 5) is 10.9. The maximum absolute atomic E-state index is 10.9. The van der Waals surface area contributed by atoms with Crippen molar-refractivity contribution in [3.05, 3.63) is 0 Å². The molecule has 7 heteroatoms. The molecular formula is C6H12O4S3. The minimum absolute atomic E-state index is 0.00200. The lowest BCUT2D eigenvalue weighted by atomic mass is 10.6. The molecule has 13 heavy (non-hydrogen) atoms. The molecule has 0 aliphatic carbocycles. The minimum atomic E-state index is -3.87. The van der Waals surface area contributed by atoms with Gasteiger partial charge in [-0.05, 0) is 12.2 Å². The lowest BCUT2D eigenvalue weighted by Gasteiger charge is -1.97. The zero-order chi connectivity index (χ0) is 10.3. The highest BCUT2D eigenvalue weighted by Gasteiger charge is 2.06. The van der Waals surface area contributed by atoms with Gasteiger partial charge in [0.25, 0.3) is 10.1 Å². The van der Waals surface area contributed by atoms with Crippen LogP contribution < -0.4 is 0 Å². The molecule has 0 spiro atoms. The number of carbonyl (C=O) groups is 1. The first kappa shape index (κ1) is 13.3. The van der Waals surface area contributed by atoms with Gasteiger partial charge in [0.2, 0.25) is 4.45 Å². The van der Waals surface area contributed by atoms with Gasteiger partial charge in [-0.2, -0.15) is 8.42 Å². The molecule has 1 N–H and O–H groups in total. The van der Waals surface area contributed by atoms with Crippen molar-refractivity contribution in [2.75, 3.05) is 17.3 Å². The molecule has 0 radical (unpaired) electrons. The van der Waals surface area contributed by atoms with Gasteiger partial charge in [0, 0.05) is 5.75 Å². The Balaban J connectivity index is 3.41. The van der Waals surface area contributed by atoms with E-state index in [2.05, 4.69) is 0 Å². The molecule has 78 valence electrons. The smallest absolute Gasteiger partial charge is 0.264 e. The molecule has 0 saturated heterocycles. The highest BCUT2D eigenvalue weighted by Crippen LogP contribution is 2.16. The molecule has 0 heterocycles. The van der Waals surface area contributed by atoms with Crippen LogP contribution in [0.3, 0.4) is 0 Å². The topological polar surface area (TPSA) is 71.4 Å². The highest BCUT2D eigenvalue weighted by atomic mass is 32.2. The Labute approximate surface area is 86.6 Å². The fourth-order valence-corrected chi connectivity index (χ4v) is 2.88. The van der Waals surface area contributed by atoms with E-state index >= 15 is 0 Å². The predicted molar refractivity (Wildman–Crippen MR) is 57.0 cm³/mol. The molecule has 0 aromatic rings. The summed E-state index contributed by atoms with van der Waals surface area (Å²) in [6.07, 6.45) is 0.305. The number of rotatable bonds is 5. The van der Waals surface area contributed by atoms with Gasteiger partial charge in [-0.3, -0.25) is 9.35 Å². The largest absolute Gasteiger partial charge is 0.286 e. The second kappa shape index (κ2) is 6.69. The first-order valence-electron chi connectivity index (χ1n) is 3.70. The Bertz CT molecular complexity index is 247. The molecule has 0 aliphatic heterocycles. The summed E-state index contributed by atoms with van der Waals surface area (Å²) < 4.78 is 28.9. The average molecular weight is 244 g/mol. The van der Waals surface area contributed by atoms with Crippen LogP contribution in [0.25, 0.3) is 0 Å². The van der Waals surface area contributed by atoms with Crippen LogP contribution in [0.1, 0.15) is 13.3 Å². The Hall–Kier alpha value is 0.280. The Morgan fingerprint density at radius 1 is 1.38 bits per heavy atom. The van der Waals surface area contributed by atoms with Gasteiger partial charge in [0.05, 0.1) is 5.75 Å². The van der Waals surface area contributed by atoms with Gasteiger partial charge in [-0.15, -0.1) is 0 Å². The molecule has 0 fully saturated rings. The van der Waals surface area contributed by atoms with Crippen LogP contribution in [0.5, 0.6) is 0 Å². The second-order valence-corrected chi connectivity index (χ2v) is 6.31. The van der Waals surface area contributed by atoms with Crippen molar-refractivity contribution in [2.24, 2.45) is 0 Å². The highest BCUT2D eigenvalue weighted by molar-refractivity contribution is 8.38. The second-order valence-electron chi connectivity index (χ2n) is 2.17. The number of carbonyl (C=O) groups excluding carboxylic acids is 1. The monoisotopic (exact) mass is 244 g/mol. The van der Waals surface area contributed by atoms with Crippen molar-refractivity contribution in [3.63, 3.8) is 0 Å². The van der Waals surface area contributed by atoms with E-state index in [1.165, 1.54) is 11.8 Å². The van der Waals surface area contributed by atoms with E-state index in [9.17, 15) is 13.2 Å². The van der Waals surface area contributed by atoms with Crippen molar-refractivity contribution in [1.29, 1.82) is 0 Å². The molecule has 0 bridgehead atoms. The molecule has 0 aromatic carbocycles. The van der Waals surface area contributed by atoms with Crippen LogP contribution in [0.2, 0.25) is 0 Å². The fraction of sp³-hybridized carbons (Fsp3) is 0.833. The maximum Gasteiger partial charge on any atom is 0.264 e. The first-order valence-corrected chi connectivity index (χ1v) is 7.28. The molecule has 0 atom stereocenters. The van der Waals surface area contributed by atoms with Crippen LogP contribution in [0.15, 0.2) is 0 Å². The van der Waals surface area contributed by atoms with Crippen LogP contribution in [-0.2, 0) is 10.1 Å². The SMILES string of the molecule is CCSC(=O)SCCCS(=O)(=O)O. The van der Waals surface area contributed by atoms with Crippen molar-refractivity contribution in [3.8, 4) is 0 Å². The average Bonchev–Trinajstić information content (AvgIpc) is 1.97. The fourth-order valence-electron chi connectivity index (χ4n) is 0.556. The molecule has 0 aliphatic rings. The van der Waals surface area contributed by atoms with Crippen molar-refractivity contribution in [1.82, 2.24) is 0 Å². The molecular weight excluding hydrogens is 232 g/mol. The Morgan fingerprint density at radius 2 is 2.00 bits per heavy atom. The summed E-state index contributed by atoms with van der Waals surface area (Å²) in [7, 11) is -3.87. The third-order valence-electron chi connectivity index (χ3n) is 1.03. The van der Waals surface area contributed by atoms with Gasteiger partial charge in [0.15, 0.2) is 0 Å². The van der Waals surface area contributed by atoms with E-state index in [-0.39, 0.29) is 10.2 Å². The summed E-state index contributed by atoms with van der Waals surface area (Å²) in [6, 6.07) is 0. The lowest BCUT2D eigenvalue weighted by molar-refractivity contribution is 0.276. The number of thioether (sulfide) groups is 2. The van der Waals surface area contributed by atoms with Gasteiger partial charge in [0.1, 0.15) is 0 Å².